The molecule has 0 atom stereocenters. The molecule has 0 saturated carbocycles. The van der Waals surface area contributed by atoms with E-state index in [-0.39, 0.29) is 17.1 Å². The molecule has 47 valence electrons. The first-order chi connectivity index (χ1) is 2.64. The van der Waals surface area contributed by atoms with Crippen LogP contribution in [0.3, 0.4) is 0 Å². The fourth-order valence-electron chi connectivity index (χ4n) is 0. The normalized spacial score (nSPS) is 7.86. The molecule has 0 aliphatic rings. The second-order valence-electron chi connectivity index (χ2n) is 0.712. The summed E-state index contributed by atoms with van der Waals surface area (Å²) in [6, 6.07) is 0. The van der Waals surface area contributed by atoms with Gasteiger partial charge in [-0.15, -0.1) is 0 Å². The molecule has 7 heavy (non-hydrogen) atoms. The van der Waals surface area contributed by atoms with Crippen molar-refractivity contribution in [1.82, 2.24) is 0 Å². The molecule has 0 fully saturated rings. The van der Waals surface area contributed by atoms with Crippen LogP contribution >= 0.6 is 0 Å². The fourth-order valence-corrected chi connectivity index (χ4v) is 0. The van der Waals surface area contributed by atoms with E-state index in [0.717, 1.165) is 0 Å². The van der Waals surface area contributed by atoms with Crippen molar-refractivity contribution in [3.8, 4) is 0 Å². The van der Waals surface area contributed by atoms with Gasteiger partial charge in [0, 0.05) is 17.1 Å². The quantitative estimate of drug-likeness (QED) is 0.314. The number of aliphatic carboxylic acids is 1. The Labute approximate surface area is 50.2 Å². The third-order valence-corrected chi connectivity index (χ3v) is 0.221. The maximum atomic E-state index is 9.20. The van der Waals surface area contributed by atoms with Crippen LogP contribution in [-0.4, -0.2) is 27.6 Å². The third-order valence-electron chi connectivity index (χ3n) is 0.221. The van der Waals surface area contributed by atoms with Crippen molar-refractivity contribution in [1.29, 1.82) is 0 Å². The van der Waals surface area contributed by atoms with Gasteiger partial charge in [0.05, 0.1) is 0 Å². The van der Waals surface area contributed by atoms with E-state index in [9.17, 15) is 4.79 Å². The second-order valence-corrected chi connectivity index (χ2v) is 0.712. The Morgan fingerprint density at radius 3 is 1.57 bits per heavy atom. The van der Waals surface area contributed by atoms with Gasteiger partial charge in [0.15, 0.2) is 0 Å². The molecule has 0 aromatic rings. The molecule has 4 nitrogen and oxygen atoms in total. The van der Waals surface area contributed by atoms with Crippen LogP contribution in [0.5, 0.6) is 0 Å². The number of carbonyl (C=O) groups is 1. The molecule has 0 heterocycles. The molecular weight excluding hydrogens is 152 g/mol. The molecule has 0 aliphatic heterocycles. The number of carboxylic acid groups (broad SMARTS) is 1. The molecule has 0 saturated heterocycles. The first kappa shape index (κ1) is 10.0. The van der Waals surface area contributed by atoms with Crippen molar-refractivity contribution in [3.05, 3.63) is 0 Å². The van der Waals surface area contributed by atoms with Crippen LogP contribution < -0.4 is 0 Å². The van der Waals surface area contributed by atoms with Crippen molar-refractivity contribution >= 4 is 5.97 Å². The average Bonchev–Trinajstić information content (AvgIpc) is 1.36. The van der Waals surface area contributed by atoms with Gasteiger partial charge in [0.2, 0.25) is 0 Å². The predicted octanol–water partition coefficient (Wildman–Crippen LogP) is -1.62. The zero-order valence-corrected chi connectivity index (χ0v) is 4.07. The van der Waals surface area contributed by atoms with Crippen molar-refractivity contribution < 1.29 is 37.2 Å². The summed E-state index contributed by atoms with van der Waals surface area (Å²) in [6.07, 6.45) is -2.23. The Kier molecular flexibility index (Phi) is 5.83. The van der Waals surface area contributed by atoms with Crippen LogP contribution in [0.2, 0.25) is 0 Å². The number of aliphatic hydroxyl groups is 2. The van der Waals surface area contributed by atoms with Crippen molar-refractivity contribution in [2.45, 2.75) is 6.29 Å². The van der Waals surface area contributed by atoms with Crippen LogP contribution in [0.25, 0.3) is 0 Å². The molecule has 3 N–H and O–H groups in total. The van der Waals surface area contributed by atoms with Gasteiger partial charge in [-0.2, -0.15) is 0 Å². The van der Waals surface area contributed by atoms with Crippen LogP contribution in [0.4, 0.5) is 0 Å². The van der Waals surface area contributed by atoms with E-state index in [1.54, 1.807) is 0 Å². The van der Waals surface area contributed by atoms with Gasteiger partial charge in [-0.05, 0) is 0 Å². The van der Waals surface area contributed by atoms with Gasteiger partial charge in [0.25, 0.3) is 6.29 Å². The fraction of sp³-hybridized carbons (Fsp3) is 0.500. The minimum absolute atomic E-state index is 0. The summed E-state index contributed by atoms with van der Waals surface area (Å²) in [4.78, 5) is 9.20. The maximum absolute atomic E-state index is 9.20. The van der Waals surface area contributed by atoms with Gasteiger partial charge in [0.1, 0.15) is 0 Å². The molecule has 0 amide bonds. The summed E-state index contributed by atoms with van der Waals surface area (Å²) in [5, 5.41) is 22.7. The Morgan fingerprint density at radius 1 is 1.43 bits per heavy atom. The molecule has 0 bridgehead atoms. The first-order valence-electron chi connectivity index (χ1n) is 1.23. The van der Waals surface area contributed by atoms with Crippen LogP contribution in [0, 0.1) is 0 Å². The van der Waals surface area contributed by atoms with Gasteiger partial charge >= 0.3 is 5.97 Å². The Balaban J connectivity index is 0. The summed E-state index contributed by atoms with van der Waals surface area (Å²) in [6.45, 7) is 0. The van der Waals surface area contributed by atoms with Gasteiger partial charge < -0.3 is 15.3 Å². The molecule has 0 aliphatic carbocycles. The average molecular weight is 156 g/mol. The molecule has 0 rings (SSSR count). The Hall–Kier alpha value is -0.0905. The minimum Gasteiger partial charge on any atom is -0.477 e. The van der Waals surface area contributed by atoms with Crippen LogP contribution in [0.15, 0.2) is 0 Å². The standard InChI is InChI=1S/C2H4O4.Cu/c3-1(4)2(5)6;/h1,3-4H,(H,5,6);. The SMILES string of the molecule is O=C(O)C(O)O.[Cu]. The summed E-state index contributed by atoms with van der Waals surface area (Å²) < 4.78 is 0. The van der Waals surface area contributed by atoms with Crippen LogP contribution in [-0.2, 0) is 21.9 Å². The topological polar surface area (TPSA) is 77.8 Å². The van der Waals surface area contributed by atoms with Gasteiger partial charge in [-0.3, -0.25) is 0 Å². The Bertz CT molecular complexity index is 60.7. The third kappa shape index (κ3) is 5.91. The summed E-state index contributed by atoms with van der Waals surface area (Å²) in [5.41, 5.74) is 0. The van der Waals surface area contributed by atoms with E-state index >= 15 is 0 Å². The molecule has 0 aromatic carbocycles. The van der Waals surface area contributed by atoms with Crippen molar-refractivity contribution in [2.24, 2.45) is 0 Å². The number of rotatable bonds is 1. The summed E-state index contributed by atoms with van der Waals surface area (Å²) in [7, 11) is 0. The van der Waals surface area contributed by atoms with E-state index in [4.69, 9.17) is 15.3 Å². The Morgan fingerprint density at radius 2 is 1.57 bits per heavy atom. The summed E-state index contributed by atoms with van der Waals surface area (Å²) in [5.74, 6) is -1.63. The van der Waals surface area contributed by atoms with Crippen LogP contribution in [0.1, 0.15) is 0 Å². The van der Waals surface area contributed by atoms with E-state index in [1.165, 1.54) is 0 Å². The second kappa shape index (κ2) is 4.08. The molecule has 0 aromatic heterocycles. The number of hydrogen-bond donors (Lipinski definition) is 3. The molecule has 5 heteroatoms. The van der Waals surface area contributed by atoms with Gasteiger partial charge in [-0.25, -0.2) is 4.79 Å². The van der Waals surface area contributed by atoms with E-state index in [2.05, 4.69) is 0 Å². The largest absolute Gasteiger partial charge is 0.477 e. The molecule has 0 unspecified atom stereocenters. The smallest absolute Gasteiger partial charge is 0.360 e. The van der Waals surface area contributed by atoms with E-state index < -0.39 is 12.3 Å². The minimum atomic E-state index is -2.23. The summed E-state index contributed by atoms with van der Waals surface area (Å²) >= 11 is 0. The maximum Gasteiger partial charge on any atom is 0.360 e. The van der Waals surface area contributed by atoms with Crippen molar-refractivity contribution in [2.75, 3.05) is 0 Å². The zero-order valence-electron chi connectivity index (χ0n) is 3.13. The monoisotopic (exact) mass is 155 g/mol. The zero-order chi connectivity index (χ0) is 5.15. The number of carboxylic acids is 1. The van der Waals surface area contributed by atoms with E-state index in [0.29, 0.717) is 0 Å². The van der Waals surface area contributed by atoms with Crippen molar-refractivity contribution in [3.63, 3.8) is 0 Å². The number of aliphatic hydroxyl groups excluding tert-OH is 1. The molecular formula is C2H4CuO4. The van der Waals surface area contributed by atoms with E-state index in [1.807, 2.05) is 0 Å². The molecule has 1 radical (unpaired) electrons. The predicted molar refractivity (Wildman–Crippen MR) is 15.9 cm³/mol. The molecule has 0 spiro atoms. The van der Waals surface area contributed by atoms with Gasteiger partial charge in [-0.1, -0.05) is 0 Å². The first-order valence-corrected chi connectivity index (χ1v) is 1.23. The number of hydrogen-bond acceptors (Lipinski definition) is 3.